The summed E-state index contributed by atoms with van der Waals surface area (Å²) in [6.45, 7) is 8.42. The fourth-order valence-electron chi connectivity index (χ4n) is 3.42. The first kappa shape index (κ1) is 23.5. The number of amides is 1. The molecule has 0 aliphatic carbocycles. The molecule has 0 saturated carbocycles. The molecule has 0 unspecified atom stereocenters. The van der Waals surface area contributed by atoms with Crippen LogP contribution in [-0.4, -0.2) is 39.3 Å². The van der Waals surface area contributed by atoms with Crippen LogP contribution in [0.3, 0.4) is 0 Å². The molecule has 170 valence electrons. The highest BCUT2D eigenvalue weighted by molar-refractivity contribution is 7.90. The number of rotatable bonds is 7. The predicted octanol–water partition coefficient (Wildman–Crippen LogP) is 3.63. The molecule has 2 aromatic carbocycles. The van der Waals surface area contributed by atoms with Gasteiger partial charge in [0.15, 0.2) is 0 Å². The van der Waals surface area contributed by atoms with Gasteiger partial charge in [0.2, 0.25) is 0 Å². The molecule has 0 fully saturated rings. The number of carbonyl (C=O) groups excluding carboxylic acids is 2. The van der Waals surface area contributed by atoms with Gasteiger partial charge in [-0.2, -0.15) is 8.42 Å². The molecular weight excluding hydrogens is 430 g/mol. The number of hydrogen-bond acceptors (Lipinski definition) is 6. The van der Waals surface area contributed by atoms with Crippen molar-refractivity contribution < 1.29 is 22.7 Å². The summed E-state index contributed by atoms with van der Waals surface area (Å²) in [4.78, 5) is 26.2. The Bertz CT molecular complexity index is 1150. The number of ether oxygens (including phenoxy) is 1. The third-order valence-electron chi connectivity index (χ3n) is 4.85. The van der Waals surface area contributed by atoms with Crippen LogP contribution in [0.5, 0.6) is 0 Å². The van der Waals surface area contributed by atoms with Crippen LogP contribution in [0.1, 0.15) is 43.6 Å². The second-order valence-corrected chi connectivity index (χ2v) is 9.51. The number of hydrogen-bond donors (Lipinski definition) is 1. The lowest BCUT2D eigenvalue weighted by Crippen LogP contribution is -2.36. The van der Waals surface area contributed by atoms with Gasteiger partial charge in [0.25, 0.3) is 15.9 Å². The minimum atomic E-state index is -3.89. The van der Waals surface area contributed by atoms with Gasteiger partial charge in [-0.15, -0.1) is 4.40 Å². The van der Waals surface area contributed by atoms with E-state index in [1.165, 1.54) is 6.07 Å². The Morgan fingerprint density at radius 3 is 2.44 bits per heavy atom. The van der Waals surface area contributed by atoms with Crippen LogP contribution < -0.4 is 10.2 Å². The fraction of sp³-hybridized carbons (Fsp3) is 0.348. The molecule has 8 nitrogen and oxygen atoms in total. The van der Waals surface area contributed by atoms with E-state index in [2.05, 4.69) is 9.71 Å². The highest BCUT2D eigenvalue weighted by Gasteiger charge is 2.30. The summed E-state index contributed by atoms with van der Waals surface area (Å²) < 4.78 is 34.1. The average Bonchev–Trinajstić information content (AvgIpc) is 2.72. The van der Waals surface area contributed by atoms with Gasteiger partial charge in [0.05, 0.1) is 18.7 Å². The molecule has 0 aromatic heterocycles. The Labute approximate surface area is 188 Å². The number of amidine groups is 1. The number of fused-ring (bicyclic) bond motifs is 1. The van der Waals surface area contributed by atoms with E-state index in [0.717, 1.165) is 5.56 Å². The van der Waals surface area contributed by atoms with Crippen molar-refractivity contribution in [2.24, 2.45) is 10.3 Å². The molecule has 0 saturated heterocycles. The van der Waals surface area contributed by atoms with Crippen LogP contribution >= 0.6 is 0 Å². The second kappa shape index (κ2) is 9.52. The first-order chi connectivity index (χ1) is 15.1. The summed E-state index contributed by atoms with van der Waals surface area (Å²) in [5, 5.41) is 2.75. The number of nitrogens with zero attached hydrogens (tertiary/aromatic N) is 2. The Balaban J connectivity index is 1.80. The molecule has 1 heterocycles. The summed E-state index contributed by atoms with van der Waals surface area (Å²) in [5.41, 5.74) is 2.02. The molecule has 9 heteroatoms. The molecule has 1 aliphatic rings. The van der Waals surface area contributed by atoms with Crippen molar-refractivity contribution in [3.05, 3.63) is 53.6 Å². The van der Waals surface area contributed by atoms with Crippen molar-refractivity contribution in [1.29, 1.82) is 0 Å². The number of nitrogens with one attached hydrogen (secondary N) is 1. The van der Waals surface area contributed by atoms with Crippen LogP contribution in [-0.2, 0) is 26.0 Å². The lowest BCUT2D eigenvalue weighted by Gasteiger charge is -2.30. The van der Waals surface area contributed by atoms with Gasteiger partial charge in [0.1, 0.15) is 10.7 Å². The number of sulfonamides is 1. The number of anilines is 2. The lowest BCUT2D eigenvalue weighted by atomic mass is 10.1. The van der Waals surface area contributed by atoms with Crippen LogP contribution in [0.25, 0.3) is 0 Å². The van der Waals surface area contributed by atoms with E-state index in [4.69, 9.17) is 4.74 Å². The third-order valence-corrected chi connectivity index (χ3v) is 6.23. The molecule has 0 atom stereocenters. The third kappa shape index (κ3) is 5.34. The van der Waals surface area contributed by atoms with Crippen LogP contribution in [0, 0.1) is 5.92 Å². The zero-order valence-corrected chi connectivity index (χ0v) is 19.4. The predicted molar refractivity (Wildman–Crippen MR) is 124 cm³/mol. The van der Waals surface area contributed by atoms with Crippen molar-refractivity contribution in [3.8, 4) is 0 Å². The molecule has 0 radical (unpaired) electrons. The van der Waals surface area contributed by atoms with Crippen molar-refractivity contribution in [2.75, 3.05) is 23.4 Å². The zero-order valence-electron chi connectivity index (χ0n) is 18.6. The summed E-state index contributed by atoms with van der Waals surface area (Å²) in [7, 11) is -3.89. The van der Waals surface area contributed by atoms with Gasteiger partial charge in [-0.3, -0.25) is 9.59 Å². The molecule has 32 heavy (non-hydrogen) atoms. The zero-order chi connectivity index (χ0) is 23.5. The first-order valence-corrected chi connectivity index (χ1v) is 11.8. The van der Waals surface area contributed by atoms with Crippen molar-refractivity contribution in [1.82, 2.24) is 0 Å². The molecule has 1 N–H and O–H groups in total. The molecule has 3 rings (SSSR count). The minimum absolute atomic E-state index is 0.0150. The number of esters is 1. The minimum Gasteiger partial charge on any atom is -0.466 e. The molecule has 0 spiro atoms. The second-order valence-electron chi connectivity index (χ2n) is 7.93. The van der Waals surface area contributed by atoms with E-state index < -0.39 is 15.9 Å². The van der Waals surface area contributed by atoms with Crippen molar-refractivity contribution in [3.63, 3.8) is 0 Å². The molecular formula is C23H27N3O5S. The van der Waals surface area contributed by atoms with E-state index in [-0.39, 0.29) is 22.8 Å². The Kier molecular flexibility index (Phi) is 6.98. The maximum atomic E-state index is 12.8. The molecule has 2 aromatic rings. The van der Waals surface area contributed by atoms with Crippen molar-refractivity contribution >= 4 is 39.1 Å². The summed E-state index contributed by atoms with van der Waals surface area (Å²) in [5.74, 6) is -0.0540. The van der Waals surface area contributed by atoms with Crippen LogP contribution in [0.15, 0.2) is 51.8 Å². The van der Waals surface area contributed by atoms with Gasteiger partial charge in [0, 0.05) is 17.8 Å². The summed E-state index contributed by atoms with van der Waals surface area (Å²) >= 11 is 0. The Morgan fingerprint density at radius 2 is 1.81 bits per heavy atom. The van der Waals surface area contributed by atoms with Crippen LogP contribution in [0.2, 0.25) is 0 Å². The smallest absolute Gasteiger partial charge is 0.310 e. The lowest BCUT2D eigenvalue weighted by molar-refractivity contribution is -0.142. The number of carbonyl (C=O) groups is 2. The van der Waals surface area contributed by atoms with Gasteiger partial charge >= 0.3 is 5.97 Å². The normalized spacial score (nSPS) is 14.5. The summed E-state index contributed by atoms with van der Waals surface area (Å²) in [6, 6.07) is 11.4. The highest BCUT2D eigenvalue weighted by Crippen LogP contribution is 2.33. The highest BCUT2D eigenvalue weighted by atomic mass is 32.2. The van der Waals surface area contributed by atoms with E-state index in [1.54, 1.807) is 50.2 Å². The van der Waals surface area contributed by atoms with E-state index in [0.29, 0.717) is 36.3 Å². The maximum absolute atomic E-state index is 12.8. The van der Waals surface area contributed by atoms with Crippen molar-refractivity contribution in [2.45, 2.75) is 39.0 Å². The van der Waals surface area contributed by atoms with Gasteiger partial charge in [-0.05, 0) is 55.7 Å². The number of benzene rings is 2. The van der Waals surface area contributed by atoms with Gasteiger partial charge < -0.3 is 15.0 Å². The quantitative estimate of drug-likeness (QED) is 0.637. The molecule has 1 amide bonds. The monoisotopic (exact) mass is 457 g/mol. The SMILES string of the molecule is CCOC(=O)Cc1ccc(NC(=O)c2ccc3c(c2)S(=O)(=O)N=C(C)N3CC(C)C)cc1. The van der Waals surface area contributed by atoms with Gasteiger partial charge in [-0.1, -0.05) is 26.0 Å². The van der Waals surface area contributed by atoms with E-state index in [9.17, 15) is 18.0 Å². The van der Waals surface area contributed by atoms with E-state index in [1.807, 2.05) is 18.7 Å². The maximum Gasteiger partial charge on any atom is 0.310 e. The summed E-state index contributed by atoms with van der Waals surface area (Å²) in [6.07, 6.45) is 0.150. The van der Waals surface area contributed by atoms with Gasteiger partial charge in [-0.25, -0.2) is 0 Å². The Morgan fingerprint density at radius 1 is 1.12 bits per heavy atom. The van der Waals surface area contributed by atoms with E-state index >= 15 is 0 Å². The largest absolute Gasteiger partial charge is 0.466 e. The molecule has 1 aliphatic heterocycles. The first-order valence-electron chi connectivity index (χ1n) is 10.4. The molecule has 0 bridgehead atoms. The fourth-order valence-corrected chi connectivity index (χ4v) is 4.68. The Hall–Kier alpha value is -3.20. The van der Waals surface area contributed by atoms with Crippen LogP contribution in [0.4, 0.5) is 11.4 Å². The topological polar surface area (TPSA) is 105 Å². The standard InChI is InChI=1S/C23H27N3O5S/c1-5-31-22(27)12-17-6-9-19(10-7-17)24-23(28)18-8-11-20-21(13-18)32(29,30)25-16(4)26(20)14-15(2)3/h6-11,13,15H,5,12,14H2,1-4H3,(H,24,28). The average molecular weight is 458 g/mol.